The highest BCUT2D eigenvalue weighted by atomic mass is 35.5. The van der Waals surface area contributed by atoms with E-state index in [0.29, 0.717) is 32.2 Å². The van der Waals surface area contributed by atoms with E-state index in [0.717, 1.165) is 4.90 Å². The van der Waals surface area contributed by atoms with Crippen LogP contribution in [0.15, 0.2) is 69.0 Å². The fourth-order valence-corrected chi connectivity index (χ4v) is 3.33. The average Bonchev–Trinajstić information content (AvgIpc) is 3.12. The molecule has 1 aromatic heterocycles. The predicted molar refractivity (Wildman–Crippen MR) is 112 cm³/mol. The predicted octanol–water partition coefficient (Wildman–Crippen LogP) is 6.15. The Morgan fingerprint density at radius 1 is 1.04 bits per heavy atom. The van der Waals surface area contributed by atoms with Crippen LogP contribution >= 0.6 is 46.6 Å². The molecule has 27 heavy (non-hydrogen) atoms. The first-order chi connectivity index (χ1) is 13.0. The molecule has 8 heteroatoms. The minimum Gasteiger partial charge on any atom is -0.455 e. The summed E-state index contributed by atoms with van der Waals surface area (Å²) in [5.41, 5.74) is 3.15. The molecular weight excluding hydrogens is 427 g/mol. The fraction of sp³-hybridized carbons (Fsp3) is 0.0526. The average molecular weight is 440 g/mol. The maximum Gasteiger partial charge on any atom is 0.250 e. The van der Waals surface area contributed by atoms with E-state index < -0.39 is 0 Å². The molecule has 1 heterocycles. The molecule has 3 aromatic rings. The van der Waals surface area contributed by atoms with E-state index in [1.54, 1.807) is 42.5 Å². The SMILES string of the molecule is O=C(CSc1ccc(Cl)cc1)N/N=C\c1ccc(-c2cc(Cl)ccc2Cl)o1. The van der Waals surface area contributed by atoms with Crippen LogP contribution in [0.25, 0.3) is 11.3 Å². The van der Waals surface area contributed by atoms with Crippen LogP contribution in [-0.4, -0.2) is 17.9 Å². The molecule has 0 aliphatic heterocycles. The van der Waals surface area contributed by atoms with Crippen molar-refractivity contribution >= 4 is 58.7 Å². The molecule has 0 bridgehead atoms. The van der Waals surface area contributed by atoms with Gasteiger partial charge in [-0.05, 0) is 54.6 Å². The lowest BCUT2D eigenvalue weighted by molar-refractivity contribution is -0.118. The normalized spacial score (nSPS) is 11.1. The second-order valence-corrected chi connectivity index (χ2v) is 7.69. The monoisotopic (exact) mass is 438 g/mol. The van der Waals surface area contributed by atoms with Crippen molar-refractivity contribution in [2.75, 3.05) is 5.75 Å². The summed E-state index contributed by atoms with van der Waals surface area (Å²) in [4.78, 5) is 12.8. The number of halogens is 3. The summed E-state index contributed by atoms with van der Waals surface area (Å²) in [7, 11) is 0. The van der Waals surface area contributed by atoms with Gasteiger partial charge in [-0.1, -0.05) is 34.8 Å². The minimum absolute atomic E-state index is 0.226. The molecular formula is C19H13Cl3N2O2S. The Balaban J connectivity index is 1.54. The Labute approximate surface area is 175 Å². The van der Waals surface area contributed by atoms with Crippen LogP contribution in [0.4, 0.5) is 0 Å². The molecule has 138 valence electrons. The maximum atomic E-state index is 11.8. The Hall–Kier alpha value is -1.92. The largest absolute Gasteiger partial charge is 0.455 e. The molecule has 0 fully saturated rings. The number of nitrogens with one attached hydrogen (secondary N) is 1. The Kier molecular flexibility index (Phi) is 6.85. The highest BCUT2D eigenvalue weighted by molar-refractivity contribution is 8.00. The molecule has 0 spiro atoms. The Morgan fingerprint density at radius 3 is 2.56 bits per heavy atom. The number of nitrogens with zero attached hydrogens (tertiary/aromatic N) is 1. The van der Waals surface area contributed by atoms with Crippen molar-refractivity contribution in [2.24, 2.45) is 5.10 Å². The zero-order chi connectivity index (χ0) is 19.2. The number of rotatable bonds is 6. The third-order valence-electron chi connectivity index (χ3n) is 3.39. The third kappa shape index (κ3) is 5.78. The standard InChI is InChI=1S/C19H13Cl3N2O2S/c20-12-1-5-15(6-2-12)27-11-19(25)24-23-10-14-4-8-18(26-14)16-9-13(21)3-7-17(16)22/h1-10H,11H2,(H,24,25)/b23-10-. The lowest BCUT2D eigenvalue weighted by Gasteiger charge is -2.01. The number of thioether (sulfide) groups is 1. The van der Waals surface area contributed by atoms with Crippen molar-refractivity contribution in [2.45, 2.75) is 4.90 Å². The number of furan rings is 1. The lowest BCUT2D eigenvalue weighted by Crippen LogP contribution is -2.19. The van der Waals surface area contributed by atoms with Crippen LogP contribution in [0.5, 0.6) is 0 Å². The van der Waals surface area contributed by atoms with Gasteiger partial charge in [0.05, 0.1) is 17.0 Å². The van der Waals surface area contributed by atoms with Crippen LogP contribution in [0.2, 0.25) is 15.1 Å². The van der Waals surface area contributed by atoms with Crippen molar-refractivity contribution in [1.82, 2.24) is 5.43 Å². The molecule has 1 N–H and O–H groups in total. The summed E-state index contributed by atoms with van der Waals surface area (Å²) in [6.07, 6.45) is 1.42. The van der Waals surface area contributed by atoms with Crippen molar-refractivity contribution in [3.05, 3.63) is 75.4 Å². The quantitative estimate of drug-likeness (QED) is 0.285. The second-order valence-electron chi connectivity index (χ2n) is 5.36. The number of carbonyl (C=O) groups excluding carboxylic acids is 1. The highest BCUT2D eigenvalue weighted by Gasteiger charge is 2.09. The van der Waals surface area contributed by atoms with Gasteiger partial charge in [0, 0.05) is 20.5 Å². The van der Waals surface area contributed by atoms with E-state index in [4.69, 9.17) is 39.2 Å². The lowest BCUT2D eigenvalue weighted by atomic mass is 10.2. The first-order valence-corrected chi connectivity index (χ1v) is 9.89. The first kappa shape index (κ1) is 19.8. The minimum atomic E-state index is -0.226. The molecule has 0 unspecified atom stereocenters. The van der Waals surface area contributed by atoms with Crippen LogP contribution in [0.3, 0.4) is 0 Å². The zero-order valence-electron chi connectivity index (χ0n) is 13.8. The van der Waals surface area contributed by atoms with Gasteiger partial charge in [-0.25, -0.2) is 5.43 Å². The summed E-state index contributed by atoms with van der Waals surface area (Å²) < 4.78 is 5.67. The molecule has 0 saturated heterocycles. The van der Waals surface area contributed by atoms with Gasteiger partial charge in [0.25, 0.3) is 0 Å². The maximum absolute atomic E-state index is 11.8. The van der Waals surface area contributed by atoms with E-state index in [1.165, 1.54) is 18.0 Å². The molecule has 0 radical (unpaired) electrons. The van der Waals surface area contributed by atoms with Crippen LogP contribution in [-0.2, 0) is 4.79 Å². The van der Waals surface area contributed by atoms with Gasteiger partial charge < -0.3 is 4.42 Å². The number of amides is 1. The molecule has 0 saturated carbocycles. The summed E-state index contributed by atoms with van der Waals surface area (Å²) in [6, 6.07) is 15.9. The van der Waals surface area contributed by atoms with Crippen molar-refractivity contribution in [3.8, 4) is 11.3 Å². The van der Waals surface area contributed by atoms with Crippen molar-refractivity contribution in [1.29, 1.82) is 0 Å². The molecule has 3 rings (SSSR count). The fourth-order valence-electron chi connectivity index (χ4n) is 2.13. The van der Waals surface area contributed by atoms with Gasteiger partial charge in [-0.3, -0.25) is 4.79 Å². The van der Waals surface area contributed by atoms with E-state index >= 15 is 0 Å². The number of carbonyl (C=O) groups is 1. The Bertz CT molecular complexity index is 971. The van der Waals surface area contributed by atoms with Crippen LogP contribution in [0.1, 0.15) is 5.76 Å². The number of hydrogen-bond donors (Lipinski definition) is 1. The van der Waals surface area contributed by atoms with E-state index in [9.17, 15) is 4.79 Å². The summed E-state index contributed by atoms with van der Waals surface area (Å²) in [5.74, 6) is 1.05. The summed E-state index contributed by atoms with van der Waals surface area (Å²) >= 11 is 19.4. The molecule has 1 amide bonds. The van der Waals surface area contributed by atoms with Gasteiger partial charge in [0.15, 0.2) is 0 Å². The topological polar surface area (TPSA) is 54.6 Å². The number of benzene rings is 2. The molecule has 0 aliphatic carbocycles. The smallest absolute Gasteiger partial charge is 0.250 e. The van der Waals surface area contributed by atoms with E-state index in [-0.39, 0.29) is 11.7 Å². The van der Waals surface area contributed by atoms with Crippen LogP contribution in [0, 0.1) is 0 Å². The van der Waals surface area contributed by atoms with Crippen LogP contribution < -0.4 is 5.43 Å². The van der Waals surface area contributed by atoms with Gasteiger partial charge in [-0.2, -0.15) is 5.10 Å². The molecule has 0 aliphatic rings. The zero-order valence-corrected chi connectivity index (χ0v) is 16.9. The van der Waals surface area contributed by atoms with Gasteiger partial charge in [0.2, 0.25) is 5.91 Å². The number of hydrogen-bond acceptors (Lipinski definition) is 4. The van der Waals surface area contributed by atoms with Gasteiger partial charge >= 0.3 is 0 Å². The highest BCUT2D eigenvalue weighted by Crippen LogP contribution is 2.31. The summed E-state index contributed by atoms with van der Waals surface area (Å²) in [6.45, 7) is 0. The van der Waals surface area contributed by atoms with Gasteiger partial charge in [-0.15, -0.1) is 11.8 Å². The molecule has 4 nitrogen and oxygen atoms in total. The van der Waals surface area contributed by atoms with E-state index in [2.05, 4.69) is 10.5 Å². The summed E-state index contributed by atoms with van der Waals surface area (Å²) in [5, 5.41) is 5.65. The van der Waals surface area contributed by atoms with Crippen molar-refractivity contribution < 1.29 is 9.21 Å². The number of hydrazone groups is 1. The molecule has 2 aromatic carbocycles. The molecule has 0 atom stereocenters. The third-order valence-corrected chi connectivity index (χ3v) is 5.21. The van der Waals surface area contributed by atoms with Gasteiger partial charge in [0.1, 0.15) is 11.5 Å². The van der Waals surface area contributed by atoms with Crippen molar-refractivity contribution in [3.63, 3.8) is 0 Å². The first-order valence-electron chi connectivity index (χ1n) is 7.77. The Morgan fingerprint density at radius 2 is 1.78 bits per heavy atom. The van der Waals surface area contributed by atoms with E-state index in [1.807, 2.05) is 12.1 Å². The second kappa shape index (κ2) is 9.33.